The lowest BCUT2D eigenvalue weighted by Crippen LogP contribution is -2.51. The van der Waals surface area contributed by atoms with Gasteiger partial charge in [-0.05, 0) is 17.7 Å². The number of nitrogens with zero attached hydrogens (tertiary/aromatic N) is 2. The number of aromatic nitrogens is 1. The third-order valence-corrected chi connectivity index (χ3v) is 4.13. The topological polar surface area (TPSA) is 79.7 Å². The molecule has 0 saturated carbocycles. The van der Waals surface area contributed by atoms with Crippen LogP contribution in [0.1, 0.15) is 5.56 Å². The first-order valence-electron chi connectivity index (χ1n) is 5.76. The van der Waals surface area contributed by atoms with E-state index < -0.39 is 5.97 Å². The predicted octanol–water partition coefficient (Wildman–Crippen LogP) is 1.31. The number of thioether (sulfide) groups is 1. The van der Waals surface area contributed by atoms with Gasteiger partial charge in [-0.25, -0.2) is 9.78 Å². The molecule has 2 aliphatic heterocycles. The van der Waals surface area contributed by atoms with Crippen molar-refractivity contribution in [2.45, 2.75) is 5.37 Å². The second-order valence-corrected chi connectivity index (χ2v) is 5.16. The number of rotatable bonds is 3. The van der Waals surface area contributed by atoms with Crippen LogP contribution in [0.2, 0.25) is 0 Å². The lowest BCUT2D eigenvalue weighted by atomic mass is 10.0. The molecule has 0 spiro atoms. The second kappa shape index (κ2) is 4.68. The third-order valence-electron chi connectivity index (χ3n) is 3.04. The van der Waals surface area contributed by atoms with E-state index in [1.54, 1.807) is 24.4 Å². The van der Waals surface area contributed by atoms with E-state index in [0.29, 0.717) is 11.5 Å². The van der Waals surface area contributed by atoms with Crippen LogP contribution < -0.4 is 4.74 Å². The molecule has 0 aromatic carbocycles. The fraction of sp³-hybridized carbons (Fsp3) is 0.154. The number of carbonyl (C=O) groups is 2. The first kappa shape index (κ1) is 12.7. The van der Waals surface area contributed by atoms with E-state index in [9.17, 15) is 9.59 Å². The van der Waals surface area contributed by atoms with Crippen LogP contribution in [-0.4, -0.2) is 39.4 Å². The molecular weight excluding hydrogens is 280 g/mol. The molecule has 0 bridgehead atoms. The molecule has 2 aliphatic rings. The molecule has 1 N–H and O–H groups in total. The quantitative estimate of drug-likeness (QED) is 0.668. The summed E-state index contributed by atoms with van der Waals surface area (Å²) < 4.78 is 4.96. The van der Waals surface area contributed by atoms with E-state index in [2.05, 4.69) is 4.98 Å². The molecule has 102 valence electrons. The normalized spacial score (nSPS) is 22.4. The molecule has 3 heterocycles. The van der Waals surface area contributed by atoms with Crippen LogP contribution in [0.25, 0.3) is 6.08 Å². The zero-order valence-corrected chi connectivity index (χ0v) is 11.3. The lowest BCUT2D eigenvalue weighted by Gasteiger charge is -2.37. The summed E-state index contributed by atoms with van der Waals surface area (Å²) in [5.41, 5.74) is 1.39. The highest BCUT2D eigenvalue weighted by Gasteiger charge is 2.49. The number of ether oxygens (including phenoxy) is 1. The van der Waals surface area contributed by atoms with Gasteiger partial charge in [0.2, 0.25) is 5.88 Å². The Morgan fingerprint density at radius 1 is 1.55 bits per heavy atom. The summed E-state index contributed by atoms with van der Waals surface area (Å²) in [4.78, 5) is 28.3. The summed E-state index contributed by atoms with van der Waals surface area (Å²) in [7, 11) is 1.53. The molecule has 1 atom stereocenters. The number of carboxylic acid groups (broad SMARTS) is 1. The molecule has 1 fully saturated rings. The molecule has 1 unspecified atom stereocenters. The van der Waals surface area contributed by atoms with Gasteiger partial charge in [-0.3, -0.25) is 9.69 Å². The summed E-state index contributed by atoms with van der Waals surface area (Å²) in [6, 6.07) is 3.50. The minimum Gasteiger partial charge on any atom is -0.481 e. The third kappa shape index (κ3) is 1.87. The highest BCUT2D eigenvalue weighted by Crippen LogP contribution is 2.45. The van der Waals surface area contributed by atoms with Gasteiger partial charge in [0.1, 0.15) is 11.1 Å². The van der Waals surface area contributed by atoms with Gasteiger partial charge in [-0.15, -0.1) is 11.8 Å². The number of carbonyl (C=O) groups excluding carboxylic acids is 1. The van der Waals surface area contributed by atoms with Crippen LogP contribution in [0.15, 0.2) is 35.0 Å². The Labute approximate surface area is 118 Å². The SMILES string of the molecule is COc1ccc(/C=C2/C(=O)N3C(C(=O)O)=CSC23)cn1. The number of pyridine rings is 1. The minimum absolute atomic E-state index is 0.0370. The van der Waals surface area contributed by atoms with Gasteiger partial charge in [0.15, 0.2) is 0 Å². The van der Waals surface area contributed by atoms with Crippen LogP contribution in [-0.2, 0) is 9.59 Å². The van der Waals surface area contributed by atoms with Gasteiger partial charge in [0, 0.05) is 17.7 Å². The fourth-order valence-corrected chi connectivity index (χ4v) is 3.16. The van der Waals surface area contributed by atoms with E-state index in [0.717, 1.165) is 5.56 Å². The first-order valence-corrected chi connectivity index (χ1v) is 6.70. The maximum Gasteiger partial charge on any atom is 0.353 e. The standard InChI is InChI=1S/C13H10N2O4S/c1-19-10-3-2-7(5-14-10)4-8-11(16)15-9(13(17)18)6-20-12(8)15/h2-6,12H,1H3,(H,17,18)/b8-4-. The van der Waals surface area contributed by atoms with Gasteiger partial charge in [0.05, 0.1) is 12.7 Å². The average molecular weight is 290 g/mol. The van der Waals surface area contributed by atoms with E-state index in [1.165, 1.54) is 29.2 Å². The van der Waals surface area contributed by atoms with Crippen LogP contribution in [0.5, 0.6) is 5.88 Å². The molecule has 7 heteroatoms. The first-order chi connectivity index (χ1) is 9.61. The van der Waals surface area contributed by atoms with Gasteiger partial charge < -0.3 is 9.84 Å². The molecule has 1 amide bonds. The molecule has 1 aromatic heterocycles. The van der Waals surface area contributed by atoms with Crippen molar-refractivity contribution >= 4 is 29.7 Å². The minimum atomic E-state index is -1.08. The molecular formula is C13H10N2O4S. The van der Waals surface area contributed by atoms with Crippen molar-refractivity contribution in [1.29, 1.82) is 0 Å². The highest BCUT2D eigenvalue weighted by molar-refractivity contribution is 8.03. The Balaban J connectivity index is 1.82. The van der Waals surface area contributed by atoms with Crippen molar-refractivity contribution in [2.24, 2.45) is 0 Å². The Kier molecular flexibility index (Phi) is 2.98. The number of carboxylic acids is 1. The van der Waals surface area contributed by atoms with Crippen molar-refractivity contribution in [3.8, 4) is 5.88 Å². The van der Waals surface area contributed by atoms with Gasteiger partial charge in [-0.1, -0.05) is 0 Å². The zero-order chi connectivity index (χ0) is 14.3. The van der Waals surface area contributed by atoms with Crippen molar-refractivity contribution in [2.75, 3.05) is 7.11 Å². The Hall–Kier alpha value is -2.28. The second-order valence-electron chi connectivity index (χ2n) is 4.21. The maximum atomic E-state index is 12.0. The zero-order valence-electron chi connectivity index (χ0n) is 10.4. The Morgan fingerprint density at radius 2 is 2.35 bits per heavy atom. The van der Waals surface area contributed by atoms with Gasteiger partial charge >= 0.3 is 5.97 Å². The number of fused-ring (bicyclic) bond motifs is 1. The van der Waals surface area contributed by atoms with E-state index >= 15 is 0 Å². The van der Waals surface area contributed by atoms with Crippen LogP contribution in [0.3, 0.4) is 0 Å². The summed E-state index contributed by atoms with van der Waals surface area (Å²) in [6.07, 6.45) is 3.33. The monoisotopic (exact) mass is 290 g/mol. The smallest absolute Gasteiger partial charge is 0.353 e. The number of hydrogen-bond acceptors (Lipinski definition) is 5. The number of β-lactam (4-membered cyclic amide) rings is 1. The summed E-state index contributed by atoms with van der Waals surface area (Å²) in [5, 5.41) is 10.2. The lowest BCUT2D eigenvalue weighted by molar-refractivity contribution is -0.141. The Bertz CT molecular complexity index is 651. The number of aliphatic carboxylic acids is 1. The number of amides is 1. The molecule has 0 aliphatic carbocycles. The van der Waals surface area contributed by atoms with Crippen molar-refractivity contribution in [3.63, 3.8) is 0 Å². The molecule has 1 aromatic rings. The maximum absolute atomic E-state index is 12.0. The fourth-order valence-electron chi connectivity index (χ4n) is 2.04. The number of hydrogen-bond donors (Lipinski definition) is 1. The predicted molar refractivity (Wildman–Crippen MR) is 72.7 cm³/mol. The summed E-state index contributed by atoms with van der Waals surface area (Å²) >= 11 is 1.32. The van der Waals surface area contributed by atoms with Crippen molar-refractivity contribution in [1.82, 2.24) is 9.88 Å². The van der Waals surface area contributed by atoms with Crippen LogP contribution in [0, 0.1) is 0 Å². The molecule has 3 rings (SSSR count). The molecule has 1 saturated heterocycles. The van der Waals surface area contributed by atoms with Crippen LogP contribution >= 0.6 is 11.8 Å². The van der Waals surface area contributed by atoms with Crippen molar-refractivity contribution < 1.29 is 19.4 Å². The highest BCUT2D eigenvalue weighted by atomic mass is 32.2. The van der Waals surface area contributed by atoms with Crippen molar-refractivity contribution in [3.05, 3.63) is 40.6 Å². The number of methoxy groups -OCH3 is 1. The van der Waals surface area contributed by atoms with E-state index in [4.69, 9.17) is 9.84 Å². The molecule has 0 radical (unpaired) electrons. The largest absolute Gasteiger partial charge is 0.481 e. The van der Waals surface area contributed by atoms with E-state index in [-0.39, 0.29) is 17.0 Å². The van der Waals surface area contributed by atoms with Gasteiger partial charge in [-0.2, -0.15) is 0 Å². The molecule has 6 nitrogen and oxygen atoms in total. The molecule has 20 heavy (non-hydrogen) atoms. The summed E-state index contributed by atoms with van der Waals surface area (Å²) in [5.74, 6) is -0.859. The van der Waals surface area contributed by atoms with Crippen LogP contribution in [0.4, 0.5) is 0 Å². The summed E-state index contributed by atoms with van der Waals surface area (Å²) in [6.45, 7) is 0. The average Bonchev–Trinajstić information content (AvgIpc) is 2.86. The van der Waals surface area contributed by atoms with Gasteiger partial charge in [0.25, 0.3) is 5.91 Å². The Morgan fingerprint density at radius 3 is 2.95 bits per heavy atom. The van der Waals surface area contributed by atoms with E-state index in [1.807, 2.05) is 0 Å².